The Hall–Kier alpha value is -1.69. The van der Waals surface area contributed by atoms with Crippen molar-refractivity contribution < 1.29 is 4.92 Å². The van der Waals surface area contributed by atoms with Gasteiger partial charge in [0.25, 0.3) is 0 Å². The lowest BCUT2D eigenvalue weighted by Gasteiger charge is -2.11. The lowest BCUT2D eigenvalue weighted by Crippen LogP contribution is -2.18. The van der Waals surface area contributed by atoms with Gasteiger partial charge in [-0.1, -0.05) is 18.2 Å². The first-order valence-electron chi connectivity index (χ1n) is 5.25. The molecule has 1 aromatic rings. The summed E-state index contributed by atoms with van der Waals surface area (Å²) in [7, 11) is 1.85. The van der Waals surface area contributed by atoms with Gasteiger partial charge < -0.3 is 10.2 Å². The molecule has 0 atom stereocenters. The van der Waals surface area contributed by atoms with Crippen molar-refractivity contribution in [3.63, 3.8) is 0 Å². The molecule has 1 aromatic carbocycles. The number of hydrogen-bond donors (Lipinski definition) is 1. The van der Waals surface area contributed by atoms with Gasteiger partial charge in [0.15, 0.2) is 5.82 Å². The van der Waals surface area contributed by atoms with E-state index in [-0.39, 0.29) is 9.95 Å². The van der Waals surface area contributed by atoms with Crippen molar-refractivity contribution >= 4 is 11.8 Å². The third-order valence-corrected chi connectivity index (χ3v) is 3.49. The molecule has 1 heterocycles. The minimum atomic E-state index is -0.332. The molecular formula is C11H13N3O2S. The highest BCUT2D eigenvalue weighted by Crippen LogP contribution is 2.29. The molecule has 1 aliphatic heterocycles. The van der Waals surface area contributed by atoms with Crippen LogP contribution in [0.1, 0.15) is 0 Å². The second-order valence-electron chi connectivity index (χ2n) is 3.67. The highest BCUT2D eigenvalue weighted by Gasteiger charge is 2.26. The lowest BCUT2D eigenvalue weighted by molar-refractivity contribution is -0.412. The molecule has 0 aliphatic carbocycles. The van der Waals surface area contributed by atoms with Gasteiger partial charge >= 0.3 is 5.03 Å². The third-order valence-electron chi connectivity index (χ3n) is 2.45. The molecule has 0 unspecified atom stereocenters. The summed E-state index contributed by atoms with van der Waals surface area (Å²) in [6.07, 6.45) is 0. The second kappa shape index (κ2) is 5.09. The van der Waals surface area contributed by atoms with E-state index in [1.165, 1.54) is 11.8 Å². The summed E-state index contributed by atoms with van der Waals surface area (Å²) < 4.78 is 0. The fourth-order valence-electron chi connectivity index (χ4n) is 1.60. The smallest absolute Gasteiger partial charge is 0.347 e. The van der Waals surface area contributed by atoms with E-state index in [9.17, 15) is 10.1 Å². The number of nitrogens with zero attached hydrogens (tertiary/aromatic N) is 2. The van der Waals surface area contributed by atoms with Crippen molar-refractivity contribution in [3.8, 4) is 0 Å². The van der Waals surface area contributed by atoms with Crippen LogP contribution in [0, 0.1) is 10.1 Å². The van der Waals surface area contributed by atoms with Crippen molar-refractivity contribution in [2.24, 2.45) is 0 Å². The van der Waals surface area contributed by atoms with Gasteiger partial charge in [-0.15, -0.1) is 0 Å². The molecule has 1 saturated heterocycles. The first-order chi connectivity index (χ1) is 8.18. The second-order valence-corrected chi connectivity index (χ2v) is 4.74. The van der Waals surface area contributed by atoms with Crippen LogP contribution in [0.5, 0.6) is 0 Å². The Morgan fingerprint density at radius 2 is 2.18 bits per heavy atom. The monoisotopic (exact) mass is 251 g/mol. The zero-order valence-electron chi connectivity index (χ0n) is 9.42. The maximum Gasteiger partial charge on any atom is 0.347 e. The van der Waals surface area contributed by atoms with Crippen molar-refractivity contribution in [2.45, 2.75) is 4.90 Å². The molecule has 90 valence electrons. The predicted octanol–water partition coefficient (Wildman–Crippen LogP) is 1.72. The number of likely N-dealkylation sites (N-methyl/N-ethyl adjacent to an activating group) is 1. The normalized spacial score (nSPS) is 17.8. The van der Waals surface area contributed by atoms with E-state index in [0.717, 1.165) is 18.0 Å². The Bertz CT molecular complexity index is 447. The zero-order valence-corrected chi connectivity index (χ0v) is 10.2. The Kier molecular flexibility index (Phi) is 3.53. The van der Waals surface area contributed by atoms with E-state index in [1.807, 2.05) is 42.3 Å². The van der Waals surface area contributed by atoms with E-state index in [1.54, 1.807) is 0 Å². The Morgan fingerprint density at radius 3 is 2.71 bits per heavy atom. The average molecular weight is 251 g/mol. The number of nitrogens with one attached hydrogen (secondary N) is 1. The van der Waals surface area contributed by atoms with E-state index >= 15 is 0 Å². The standard InChI is InChI=1S/C11H13N3O2S/c1-13-8-7-12-10(13)11(14(15)16)17-9-5-3-2-4-6-9/h2-6,12H,7-8H2,1H3. The molecule has 2 rings (SSSR count). The van der Waals surface area contributed by atoms with Gasteiger partial charge in [0.05, 0.1) is 4.92 Å². The van der Waals surface area contributed by atoms with Gasteiger partial charge in [-0.3, -0.25) is 10.1 Å². The Morgan fingerprint density at radius 1 is 1.47 bits per heavy atom. The molecule has 1 N–H and O–H groups in total. The summed E-state index contributed by atoms with van der Waals surface area (Å²) in [6.45, 7) is 1.54. The van der Waals surface area contributed by atoms with Gasteiger partial charge in [-0.25, -0.2) is 0 Å². The fraction of sp³-hybridized carbons (Fsp3) is 0.273. The molecular weight excluding hydrogens is 238 g/mol. The highest BCUT2D eigenvalue weighted by molar-refractivity contribution is 8.02. The SMILES string of the molecule is CN1CCNC1=C(Sc1ccccc1)[N+](=O)[O-]. The van der Waals surface area contributed by atoms with Crippen LogP contribution in [-0.2, 0) is 0 Å². The van der Waals surface area contributed by atoms with E-state index in [0.29, 0.717) is 5.82 Å². The van der Waals surface area contributed by atoms with Crippen LogP contribution in [0.3, 0.4) is 0 Å². The minimum absolute atomic E-state index is 0.149. The van der Waals surface area contributed by atoms with Crippen molar-refractivity contribution in [2.75, 3.05) is 20.1 Å². The fourth-order valence-corrected chi connectivity index (χ4v) is 2.52. The Balaban J connectivity index is 2.28. The number of hydrogen-bond acceptors (Lipinski definition) is 5. The molecule has 6 heteroatoms. The molecule has 0 aromatic heterocycles. The molecule has 0 spiro atoms. The van der Waals surface area contributed by atoms with Gasteiger partial charge in [-0.2, -0.15) is 0 Å². The summed E-state index contributed by atoms with van der Waals surface area (Å²) in [5, 5.41) is 14.3. The van der Waals surface area contributed by atoms with E-state index in [4.69, 9.17) is 0 Å². The Labute approximate surface area is 104 Å². The molecule has 5 nitrogen and oxygen atoms in total. The molecule has 1 fully saturated rings. The van der Waals surface area contributed by atoms with Crippen LogP contribution in [0.15, 0.2) is 46.1 Å². The average Bonchev–Trinajstić information content (AvgIpc) is 2.73. The maximum absolute atomic E-state index is 11.1. The summed E-state index contributed by atoms with van der Waals surface area (Å²) in [5.41, 5.74) is 0. The first kappa shape index (κ1) is 11.8. The summed E-state index contributed by atoms with van der Waals surface area (Å²) >= 11 is 1.17. The van der Waals surface area contributed by atoms with Gasteiger partial charge in [0, 0.05) is 25.0 Å². The number of benzene rings is 1. The van der Waals surface area contributed by atoms with Crippen LogP contribution in [0.4, 0.5) is 0 Å². The van der Waals surface area contributed by atoms with Crippen LogP contribution in [0.25, 0.3) is 0 Å². The number of rotatable bonds is 3. The predicted molar refractivity (Wildman–Crippen MR) is 67.0 cm³/mol. The van der Waals surface area contributed by atoms with Crippen molar-refractivity contribution in [1.29, 1.82) is 0 Å². The number of nitro groups is 1. The highest BCUT2D eigenvalue weighted by atomic mass is 32.2. The quantitative estimate of drug-likeness (QED) is 0.503. The molecule has 0 radical (unpaired) electrons. The first-order valence-corrected chi connectivity index (χ1v) is 6.06. The molecule has 1 aliphatic rings. The lowest BCUT2D eigenvalue weighted by atomic mass is 10.4. The van der Waals surface area contributed by atoms with Crippen molar-refractivity contribution in [3.05, 3.63) is 51.3 Å². The summed E-state index contributed by atoms with van der Waals surface area (Å²) in [5.74, 6) is 0.601. The molecule has 0 amide bonds. The molecule has 0 bridgehead atoms. The summed E-state index contributed by atoms with van der Waals surface area (Å²) in [4.78, 5) is 13.5. The minimum Gasteiger partial charge on any atom is -0.364 e. The largest absolute Gasteiger partial charge is 0.364 e. The van der Waals surface area contributed by atoms with Gasteiger partial charge in [0.2, 0.25) is 0 Å². The molecule has 0 saturated carbocycles. The third kappa shape index (κ3) is 2.71. The molecule has 17 heavy (non-hydrogen) atoms. The van der Waals surface area contributed by atoms with Crippen LogP contribution in [-0.4, -0.2) is 30.0 Å². The summed E-state index contributed by atoms with van der Waals surface area (Å²) in [6, 6.07) is 9.36. The van der Waals surface area contributed by atoms with Crippen LogP contribution in [0.2, 0.25) is 0 Å². The van der Waals surface area contributed by atoms with E-state index in [2.05, 4.69) is 5.32 Å². The zero-order chi connectivity index (χ0) is 12.3. The van der Waals surface area contributed by atoms with Gasteiger partial charge in [-0.05, 0) is 23.9 Å². The maximum atomic E-state index is 11.1. The number of thioether (sulfide) groups is 1. The van der Waals surface area contributed by atoms with Crippen LogP contribution >= 0.6 is 11.8 Å². The van der Waals surface area contributed by atoms with Crippen LogP contribution < -0.4 is 5.32 Å². The van der Waals surface area contributed by atoms with E-state index < -0.39 is 0 Å². The van der Waals surface area contributed by atoms with Crippen molar-refractivity contribution in [1.82, 2.24) is 10.2 Å². The topological polar surface area (TPSA) is 58.4 Å². The van der Waals surface area contributed by atoms with Gasteiger partial charge in [0.1, 0.15) is 0 Å².